The molecule has 0 bridgehead atoms. The van der Waals surface area contributed by atoms with Gasteiger partial charge in [0.25, 0.3) is 0 Å². The average Bonchev–Trinajstić information content (AvgIpc) is 2.34. The van der Waals surface area contributed by atoms with Gasteiger partial charge in [0.15, 0.2) is 0 Å². The highest BCUT2D eigenvalue weighted by Gasteiger charge is 2.03. The van der Waals surface area contributed by atoms with E-state index in [4.69, 9.17) is 0 Å². The molecule has 0 aliphatic carbocycles. The van der Waals surface area contributed by atoms with Crippen LogP contribution in [0.2, 0.25) is 0 Å². The summed E-state index contributed by atoms with van der Waals surface area (Å²) in [5.74, 6) is -0.167. The first kappa shape index (κ1) is 12.6. The fraction of sp³-hybridized carbons (Fsp3) is 0.231. The third kappa shape index (κ3) is 3.30. The van der Waals surface area contributed by atoms with Gasteiger partial charge in [-0.05, 0) is 31.2 Å². The third-order valence-electron chi connectivity index (χ3n) is 2.46. The van der Waals surface area contributed by atoms with Gasteiger partial charge in [0.2, 0.25) is 0 Å². The maximum Gasteiger partial charge on any atom is 0.127 e. The monoisotopic (exact) mass is 249 g/mol. The highest BCUT2D eigenvalue weighted by Crippen LogP contribution is 2.09. The fourth-order valence-corrected chi connectivity index (χ4v) is 1.61. The molecule has 1 aromatic heterocycles. The van der Waals surface area contributed by atoms with Crippen LogP contribution in [0.15, 0.2) is 30.5 Å². The Kier molecular flexibility index (Phi) is 3.94. The van der Waals surface area contributed by atoms with Crippen molar-refractivity contribution in [1.82, 2.24) is 15.3 Å². The minimum atomic E-state index is -0.439. The first-order valence-corrected chi connectivity index (χ1v) is 5.58. The molecule has 0 amide bonds. The van der Waals surface area contributed by atoms with Gasteiger partial charge in [0.1, 0.15) is 17.5 Å². The lowest BCUT2D eigenvalue weighted by molar-refractivity contribution is 0.567. The lowest BCUT2D eigenvalue weighted by Gasteiger charge is -2.06. The molecule has 0 aliphatic rings. The van der Waals surface area contributed by atoms with E-state index in [1.165, 1.54) is 6.07 Å². The van der Waals surface area contributed by atoms with Crippen LogP contribution in [0, 0.1) is 18.6 Å². The van der Waals surface area contributed by atoms with Crippen LogP contribution in [0.25, 0.3) is 0 Å². The Morgan fingerprint density at radius 2 is 2.00 bits per heavy atom. The van der Waals surface area contributed by atoms with Crippen molar-refractivity contribution in [2.45, 2.75) is 20.0 Å². The molecule has 0 radical (unpaired) electrons. The molecular weight excluding hydrogens is 236 g/mol. The highest BCUT2D eigenvalue weighted by atomic mass is 19.1. The summed E-state index contributed by atoms with van der Waals surface area (Å²) in [6, 6.07) is 5.20. The second kappa shape index (κ2) is 5.64. The molecule has 5 heteroatoms. The van der Waals surface area contributed by atoms with Crippen LogP contribution in [0.5, 0.6) is 0 Å². The average molecular weight is 249 g/mol. The van der Waals surface area contributed by atoms with E-state index in [9.17, 15) is 8.78 Å². The fourth-order valence-electron chi connectivity index (χ4n) is 1.61. The van der Waals surface area contributed by atoms with Crippen molar-refractivity contribution in [1.29, 1.82) is 0 Å². The van der Waals surface area contributed by atoms with Crippen molar-refractivity contribution in [2.75, 3.05) is 0 Å². The molecule has 0 aliphatic heterocycles. The molecule has 1 N–H and O–H groups in total. The normalized spacial score (nSPS) is 10.6. The summed E-state index contributed by atoms with van der Waals surface area (Å²) < 4.78 is 26.3. The van der Waals surface area contributed by atoms with Gasteiger partial charge in [-0.15, -0.1) is 0 Å². The maximum absolute atomic E-state index is 13.3. The quantitative estimate of drug-likeness (QED) is 0.903. The van der Waals surface area contributed by atoms with E-state index in [0.717, 1.165) is 17.8 Å². The third-order valence-corrected chi connectivity index (χ3v) is 2.46. The van der Waals surface area contributed by atoms with Crippen LogP contribution in [-0.2, 0) is 13.1 Å². The first-order chi connectivity index (χ1) is 8.65. The topological polar surface area (TPSA) is 37.8 Å². The van der Waals surface area contributed by atoms with Crippen LogP contribution in [0.4, 0.5) is 8.78 Å². The summed E-state index contributed by atoms with van der Waals surface area (Å²) in [7, 11) is 0. The SMILES string of the molecule is Cc1nccc(CNCc2cc(F)ccc2F)n1. The van der Waals surface area contributed by atoms with Gasteiger partial charge in [-0.1, -0.05) is 0 Å². The number of aromatic nitrogens is 2. The lowest BCUT2D eigenvalue weighted by atomic mass is 10.2. The van der Waals surface area contributed by atoms with Crippen LogP contribution < -0.4 is 5.32 Å². The molecule has 0 saturated heterocycles. The smallest absolute Gasteiger partial charge is 0.127 e. The molecule has 3 nitrogen and oxygen atoms in total. The minimum Gasteiger partial charge on any atom is -0.307 e. The van der Waals surface area contributed by atoms with Gasteiger partial charge >= 0.3 is 0 Å². The Bertz CT molecular complexity index is 544. The summed E-state index contributed by atoms with van der Waals surface area (Å²) in [6.07, 6.45) is 1.67. The molecular formula is C13H13F2N3. The van der Waals surface area contributed by atoms with Gasteiger partial charge < -0.3 is 5.32 Å². The molecule has 0 saturated carbocycles. The van der Waals surface area contributed by atoms with Crippen molar-refractivity contribution in [3.63, 3.8) is 0 Å². The molecule has 0 atom stereocenters. The van der Waals surface area contributed by atoms with Gasteiger partial charge in [-0.3, -0.25) is 0 Å². The zero-order valence-electron chi connectivity index (χ0n) is 9.95. The predicted molar refractivity (Wildman–Crippen MR) is 63.7 cm³/mol. The molecule has 1 heterocycles. The van der Waals surface area contributed by atoms with Crippen molar-refractivity contribution < 1.29 is 8.78 Å². The summed E-state index contributed by atoms with van der Waals surface area (Å²) in [5, 5.41) is 3.02. The van der Waals surface area contributed by atoms with E-state index in [0.29, 0.717) is 17.9 Å². The second-order valence-electron chi connectivity index (χ2n) is 3.93. The first-order valence-electron chi connectivity index (χ1n) is 5.58. The van der Waals surface area contributed by atoms with E-state index in [1.807, 2.05) is 0 Å². The van der Waals surface area contributed by atoms with E-state index in [2.05, 4.69) is 15.3 Å². The number of halogens is 2. The van der Waals surface area contributed by atoms with Gasteiger partial charge in [0, 0.05) is 24.8 Å². The van der Waals surface area contributed by atoms with Crippen molar-refractivity contribution >= 4 is 0 Å². The number of nitrogens with one attached hydrogen (secondary N) is 1. The Hall–Kier alpha value is -1.88. The number of aryl methyl sites for hydroxylation is 1. The number of hydrogen-bond acceptors (Lipinski definition) is 3. The van der Waals surface area contributed by atoms with Crippen molar-refractivity contribution in [2.24, 2.45) is 0 Å². The maximum atomic E-state index is 13.3. The highest BCUT2D eigenvalue weighted by molar-refractivity contribution is 5.18. The standard InChI is InChI=1S/C13H13F2N3/c1-9-17-5-4-12(18-9)8-16-7-10-6-11(14)2-3-13(10)15/h2-6,16H,7-8H2,1H3. The number of hydrogen-bond donors (Lipinski definition) is 1. The summed E-state index contributed by atoms with van der Waals surface area (Å²) in [4.78, 5) is 8.19. The summed E-state index contributed by atoms with van der Waals surface area (Å²) in [6.45, 7) is 2.54. The predicted octanol–water partition coefficient (Wildman–Crippen LogP) is 2.35. The number of nitrogens with zero attached hydrogens (tertiary/aromatic N) is 2. The van der Waals surface area contributed by atoms with Crippen LogP contribution in [-0.4, -0.2) is 9.97 Å². The van der Waals surface area contributed by atoms with Gasteiger partial charge in [-0.2, -0.15) is 0 Å². The zero-order chi connectivity index (χ0) is 13.0. The second-order valence-corrected chi connectivity index (χ2v) is 3.93. The summed E-state index contributed by atoms with van der Waals surface area (Å²) >= 11 is 0. The lowest BCUT2D eigenvalue weighted by Crippen LogP contribution is -2.15. The molecule has 18 heavy (non-hydrogen) atoms. The molecule has 94 valence electrons. The van der Waals surface area contributed by atoms with Gasteiger partial charge in [0.05, 0.1) is 5.69 Å². The summed E-state index contributed by atoms with van der Waals surface area (Å²) in [5.41, 5.74) is 1.13. The Labute approximate surface area is 104 Å². The molecule has 0 spiro atoms. The Balaban J connectivity index is 1.94. The van der Waals surface area contributed by atoms with Crippen LogP contribution >= 0.6 is 0 Å². The molecule has 2 aromatic rings. The van der Waals surface area contributed by atoms with Crippen molar-refractivity contribution in [3.8, 4) is 0 Å². The number of benzene rings is 1. The van der Waals surface area contributed by atoms with Gasteiger partial charge in [-0.25, -0.2) is 18.7 Å². The largest absolute Gasteiger partial charge is 0.307 e. The van der Waals surface area contributed by atoms with Crippen molar-refractivity contribution in [3.05, 3.63) is 59.2 Å². The number of rotatable bonds is 4. The molecule has 0 unspecified atom stereocenters. The van der Waals surface area contributed by atoms with E-state index >= 15 is 0 Å². The van der Waals surface area contributed by atoms with E-state index < -0.39 is 11.6 Å². The zero-order valence-corrected chi connectivity index (χ0v) is 9.95. The van der Waals surface area contributed by atoms with Crippen LogP contribution in [0.3, 0.4) is 0 Å². The minimum absolute atomic E-state index is 0.257. The molecule has 2 rings (SSSR count). The van der Waals surface area contributed by atoms with Crippen LogP contribution in [0.1, 0.15) is 17.1 Å². The Morgan fingerprint density at radius 1 is 1.17 bits per heavy atom. The van der Waals surface area contributed by atoms with E-state index in [1.54, 1.807) is 19.2 Å². The molecule has 1 aromatic carbocycles. The Morgan fingerprint density at radius 3 is 2.78 bits per heavy atom. The molecule has 0 fully saturated rings. The van der Waals surface area contributed by atoms with E-state index in [-0.39, 0.29) is 6.54 Å².